The van der Waals surface area contributed by atoms with Gasteiger partial charge in [-0.15, -0.1) is 12.4 Å². The summed E-state index contributed by atoms with van der Waals surface area (Å²) in [6, 6.07) is -1.31. The van der Waals surface area contributed by atoms with E-state index in [1.54, 1.807) is 0 Å². The molecule has 0 aromatic heterocycles. The fourth-order valence-corrected chi connectivity index (χ4v) is 2.90. The summed E-state index contributed by atoms with van der Waals surface area (Å²) < 4.78 is 8.92. The van der Waals surface area contributed by atoms with E-state index >= 15 is 0 Å². The van der Waals surface area contributed by atoms with Crippen molar-refractivity contribution < 1.29 is 19.1 Å². The Morgan fingerprint density at radius 2 is 1.29 bits per heavy atom. The number of hydrogen-bond acceptors (Lipinski definition) is 8. The highest BCUT2D eigenvalue weighted by Gasteiger charge is 2.16. The minimum atomic E-state index is -0.656. The molecule has 0 unspecified atom stereocenters. The van der Waals surface area contributed by atoms with Crippen molar-refractivity contribution in [3.63, 3.8) is 0 Å². The molecule has 0 saturated heterocycles. The van der Waals surface area contributed by atoms with Crippen LogP contribution in [0, 0.1) is 0 Å². The number of carbonyl (C=O) groups is 2. The molecule has 0 aliphatic rings. The molecule has 4 N–H and O–H groups in total. The van der Waals surface area contributed by atoms with Gasteiger partial charge in [0, 0.05) is 11.5 Å². The minimum absolute atomic E-state index is 0. The zero-order valence-electron chi connectivity index (χ0n) is 9.58. The molecule has 0 rings (SSSR count). The summed E-state index contributed by atoms with van der Waals surface area (Å²) in [5.74, 6) is -0.0908. The molecule has 0 saturated carbocycles. The van der Waals surface area contributed by atoms with Crippen molar-refractivity contribution in [1.29, 1.82) is 0 Å². The van der Waals surface area contributed by atoms with Gasteiger partial charge in [-0.3, -0.25) is 9.59 Å². The Morgan fingerprint density at radius 3 is 1.53 bits per heavy atom. The number of halogens is 1. The second-order valence-corrected chi connectivity index (χ2v) is 5.38. The third-order valence-electron chi connectivity index (χ3n) is 1.59. The molecule has 17 heavy (non-hydrogen) atoms. The van der Waals surface area contributed by atoms with E-state index in [1.807, 2.05) is 0 Å². The van der Waals surface area contributed by atoms with E-state index in [0.29, 0.717) is 11.5 Å². The van der Waals surface area contributed by atoms with Crippen molar-refractivity contribution in [3.8, 4) is 0 Å². The van der Waals surface area contributed by atoms with Crippen LogP contribution in [0.15, 0.2) is 0 Å². The molecule has 102 valence electrons. The van der Waals surface area contributed by atoms with Crippen molar-refractivity contribution in [1.82, 2.24) is 0 Å². The van der Waals surface area contributed by atoms with Gasteiger partial charge in [-0.05, 0) is 0 Å². The van der Waals surface area contributed by atoms with Crippen LogP contribution in [0.2, 0.25) is 0 Å². The van der Waals surface area contributed by atoms with Gasteiger partial charge in [0.2, 0.25) is 0 Å². The standard InChI is InChI=1S/C8H16N2O4S2.ClH/c1-13-7(11)5(9)3-15-16-4-6(10)8(12)14-2;/h5-6H,3-4,9-10H2,1-2H3;1H/t5-,6-;/m1./s1. The van der Waals surface area contributed by atoms with Crippen molar-refractivity contribution in [3.05, 3.63) is 0 Å². The van der Waals surface area contributed by atoms with Crippen molar-refractivity contribution in [2.24, 2.45) is 11.5 Å². The van der Waals surface area contributed by atoms with E-state index in [1.165, 1.54) is 35.8 Å². The lowest BCUT2D eigenvalue weighted by Gasteiger charge is -2.10. The van der Waals surface area contributed by atoms with Crippen molar-refractivity contribution in [2.45, 2.75) is 12.1 Å². The molecule has 0 aromatic carbocycles. The normalized spacial score (nSPS) is 13.2. The van der Waals surface area contributed by atoms with Gasteiger partial charge in [-0.1, -0.05) is 21.6 Å². The predicted octanol–water partition coefficient (Wildman–Crippen LogP) is -0.210. The van der Waals surface area contributed by atoms with Gasteiger partial charge in [0.15, 0.2) is 0 Å². The zero-order valence-corrected chi connectivity index (χ0v) is 12.0. The first-order valence-electron chi connectivity index (χ1n) is 4.44. The van der Waals surface area contributed by atoms with Crippen LogP contribution >= 0.6 is 34.0 Å². The van der Waals surface area contributed by atoms with Crippen LogP contribution in [0.5, 0.6) is 0 Å². The lowest BCUT2D eigenvalue weighted by atomic mass is 10.4. The van der Waals surface area contributed by atoms with Crippen LogP contribution in [0.25, 0.3) is 0 Å². The van der Waals surface area contributed by atoms with Crippen LogP contribution in [-0.2, 0) is 19.1 Å². The number of nitrogens with two attached hydrogens (primary N) is 2. The Labute approximate surface area is 114 Å². The summed E-state index contributed by atoms with van der Waals surface area (Å²) in [7, 11) is 5.30. The summed E-state index contributed by atoms with van der Waals surface area (Å²) in [5, 5.41) is 0. The van der Waals surface area contributed by atoms with E-state index in [9.17, 15) is 9.59 Å². The molecule has 0 radical (unpaired) electrons. The van der Waals surface area contributed by atoms with E-state index in [0.717, 1.165) is 0 Å². The number of esters is 2. The molecule has 0 amide bonds. The molecule has 0 bridgehead atoms. The average Bonchev–Trinajstić information content (AvgIpc) is 2.31. The monoisotopic (exact) mass is 304 g/mol. The number of ether oxygens (including phenoxy) is 2. The van der Waals surface area contributed by atoms with Gasteiger partial charge in [0.1, 0.15) is 12.1 Å². The van der Waals surface area contributed by atoms with Crippen LogP contribution in [0.1, 0.15) is 0 Å². The van der Waals surface area contributed by atoms with Crippen LogP contribution in [-0.4, -0.2) is 49.7 Å². The number of methoxy groups -OCH3 is 2. The van der Waals surface area contributed by atoms with Gasteiger partial charge in [0.25, 0.3) is 0 Å². The number of carbonyl (C=O) groups excluding carboxylic acids is 2. The summed E-state index contributed by atoms with van der Waals surface area (Å²) in [6.45, 7) is 0. The first-order valence-corrected chi connectivity index (χ1v) is 6.93. The SMILES string of the molecule is COC(=O)[C@H](N)CSSC[C@@H](N)C(=O)OC.Cl. The molecule has 0 aromatic rings. The number of rotatable bonds is 7. The van der Waals surface area contributed by atoms with Crippen molar-refractivity contribution >= 4 is 45.9 Å². The zero-order chi connectivity index (χ0) is 12.6. The summed E-state index contributed by atoms with van der Waals surface area (Å²) >= 11 is 0. The fraction of sp³-hybridized carbons (Fsp3) is 0.750. The molecular weight excluding hydrogens is 288 g/mol. The molecule has 9 heteroatoms. The van der Waals surface area contributed by atoms with E-state index in [4.69, 9.17) is 11.5 Å². The third kappa shape index (κ3) is 8.56. The van der Waals surface area contributed by atoms with E-state index in [2.05, 4.69) is 9.47 Å². The largest absolute Gasteiger partial charge is 0.468 e. The van der Waals surface area contributed by atoms with Gasteiger partial charge < -0.3 is 20.9 Å². The maximum absolute atomic E-state index is 10.9. The Kier molecular flexibility index (Phi) is 12.4. The minimum Gasteiger partial charge on any atom is -0.468 e. The van der Waals surface area contributed by atoms with Gasteiger partial charge in [-0.2, -0.15) is 0 Å². The quantitative estimate of drug-likeness (QED) is 0.378. The fourth-order valence-electron chi connectivity index (χ4n) is 0.682. The molecule has 2 atom stereocenters. The van der Waals surface area contributed by atoms with Crippen LogP contribution < -0.4 is 11.5 Å². The molecule has 0 spiro atoms. The second kappa shape index (κ2) is 11.0. The highest BCUT2D eigenvalue weighted by atomic mass is 35.5. The van der Waals surface area contributed by atoms with Gasteiger partial charge in [0.05, 0.1) is 14.2 Å². The van der Waals surface area contributed by atoms with Gasteiger partial charge in [-0.25, -0.2) is 0 Å². The van der Waals surface area contributed by atoms with Gasteiger partial charge >= 0.3 is 11.9 Å². The summed E-state index contributed by atoms with van der Waals surface area (Å²) in [4.78, 5) is 21.9. The highest BCUT2D eigenvalue weighted by molar-refractivity contribution is 8.76. The maximum Gasteiger partial charge on any atom is 0.323 e. The molecule has 0 aliphatic heterocycles. The lowest BCUT2D eigenvalue weighted by Crippen LogP contribution is -2.34. The Balaban J connectivity index is 0. The van der Waals surface area contributed by atoms with E-state index < -0.39 is 24.0 Å². The second-order valence-electron chi connectivity index (χ2n) is 2.83. The molecule has 0 heterocycles. The van der Waals surface area contributed by atoms with Crippen molar-refractivity contribution in [2.75, 3.05) is 25.7 Å². The first kappa shape index (κ1) is 19.2. The Morgan fingerprint density at radius 1 is 1.00 bits per heavy atom. The predicted molar refractivity (Wildman–Crippen MR) is 72.1 cm³/mol. The first-order chi connectivity index (χ1) is 7.52. The topological polar surface area (TPSA) is 105 Å². The van der Waals surface area contributed by atoms with Crippen LogP contribution in [0.4, 0.5) is 0 Å². The maximum atomic E-state index is 10.9. The summed E-state index contributed by atoms with van der Waals surface area (Å²) in [5.41, 5.74) is 11.0. The highest BCUT2D eigenvalue weighted by Crippen LogP contribution is 2.22. The Hall–Kier alpha value is -0.150. The molecule has 6 nitrogen and oxygen atoms in total. The van der Waals surface area contributed by atoms with Crippen LogP contribution in [0.3, 0.4) is 0 Å². The lowest BCUT2D eigenvalue weighted by molar-refractivity contribution is -0.142. The van der Waals surface area contributed by atoms with E-state index in [-0.39, 0.29) is 12.4 Å². The molecule has 0 fully saturated rings. The molecular formula is C8H17ClN2O4S2. The molecule has 0 aliphatic carbocycles. The smallest absolute Gasteiger partial charge is 0.323 e. The summed E-state index contributed by atoms with van der Waals surface area (Å²) in [6.07, 6.45) is 0. The third-order valence-corrected chi connectivity index (χ3v) is 4.06. The Bertz CT molecular complexity index is 222. The number of hydrogen-bond donors (Lipinski definition) is 2. The average molecular weight is 305 g/mol.